The molecule has 1 saturated carbocycles. The van der Waals surface area contributed by atoms with E-state index in [9.17, 15) is 9.59 Å². The number of rotatable bonds is 3. The van der Waals surface area contributed by atoms with Crippen LogP contribution in [0.3, 0.4) is 0 Å². The summed E-state index contributed by atoms with van der Waals surface area (Å²) in [4.78, 5) is 24.5. The van der Waals surface area contributed by atoms with Crippen molar-refractivity contribution in [2.75, 3.05) is 12.4 Å². The van der Waals surface area contributed by atoms with Gasteiger partial charge in [0.25, 0.3) is 5.91 Å². The lowest BCUT2D eigenvalue weighted by atomic mass is 9.92. The molecule has 110 valence electrons. The molecule has 4 nitrogen and oxygen atoms in total. The number of aryl methyl sites for hydroxylation is 1. The molecule has 0 saturated heterocycles. The van der Waals surface area contributed by atoms with Crippen LogP contribution in [-0.2, 0) is 4.79 Å². The van der Waals surface area contributed by atoms with E-state index in [2.05, 4.69) is 22.8 Å². The van der Waals surface area contributed by atoms with Crippen LogP contribution in [0.15, 0.2) is 30.4 Å². The Hall–Kier alpha value is -2.10. The van der Waals surface area contributed by atoms with Crippen LogP contribution >= 0.6 is 0 Å². The van der Waals surface area contributed by atoms with Gasteiger partial charge in [0.15, 0.2) is 0 Å². The Labute approximate surface area is 124 Å². The van der Waals surface area contributed by atoms with Crippen LogP contribution in [0.2, 0.25) is 0 Å². The van der Waals surface area contributed by atoms with Crippen LogP contribution in [0.5, 0.6) is 0 Å². The molecule has 0 radical (unpaired) electrons. The topological polar surface area (TPSA) is 58.2 Å². The van der Waals surface area contributed by atoms with Gasteiger partial charge in [-0.25, -0.2) is 0 Å². The lowest BCUT2D eigenvalue weighted by Gasteiger charge is -2.19. The average Bonchev–Trinajstić information content (AvgIpc) is 3.09. The Kier molecular flexibility index (Phi) is 3.53. The van der Waals surface area contributed by atoms with Crippen LogP contribution < -0.4 is 10.6 Å². The zero-order valence-corrected chi connectivity index (χ0v) is 12.3. The van der Waals surface area contributed by atoms with E-state index in [4.69, 9.17) is 0 Å². The molecular weight excluding hydrogens is 264 g/mol. The second kappa shape index (κ2) is 5.35. The van der Waals surface area contributed by atoms with Crippen molar-refractivity contribution in [2.45, 2.75) is 19.8 Å². The normalized spacial score (nSPS) is 25.9. The maximum atomic E-state index is 12.5. The molecule has 0 spiro atoms. The number of carbonyl (C=O) groups excluding carboxylic acids is 2. The smallest absolute Gasteiger partial charge is 0.253 e. The molecule has 2 amide bonds. The van der Waals surface area contributed by atoms with Gasteiger partial charge in [-0.1, -0.05) is 24.3 Å². The number of nitrogens with one attached hydrogen (secondary N) is 2. The lowest BCUT2D eigenvalue weighted by Crippen LogP contribution is -2.28. The number of benzene rings is 1. The van der Waals surface area contributed by atoms with Crippen molar-refractivity contribution in [3.8, 4) is 0 Å². The number of amides is 2. The van der Waals surface area contributed by atoms with E-state index >= 15 is 0 Å². The van der Waals surface area contributed by atoms with Gasteiger partial charge in [0.1, 0.15) is 0 Å². The Balaban J connectivity index is 1.82. The van der Waals surface area contributed by atoms with Crippen molar-refractivity contribution < 1.29 is 9.59 Å². The summed E-state index contributed by atoms with van der Waals surface area (Å²) >= 11 is 0. The summed E-state index contributed by atoms with van der Waals surface area (Å²) in [7, 11) is 1.60. The first-order valence-corrected chi connectivity index (χ1v) is 7.41. The van der Waals surface area contributed by atoms with Crippen LogP contribution in [0.25, 0.3) is 0 Å². The third-order valence-electron chi connectivity index (χ3n) is 4.60. The fraction of sp³-hybridized carbons (Fsp3) is 0.412. The van der Waals surface area contributed by atoms with Gasteiger partial charge in [-0.05, 0) is 43.2 Å². The Morgan fingerprint density at radius 2 is 2.00 bits per heavy atom. The molecule has 0 unspecified atom stereocenters. The third-order valence-corrected chi connectivity index (χ3v) is 4.60. The third kappa shape index (κ3) is 2.46. The van der Waals surface area contributed by atoms with Gasteiger partial charge >= 0.3 is 0 Å². The highest BCUT2D eigenvalue weighted by atomic mass is 16.2. The molecule has 0 aromatic heterocycles. The minimum Gasteiger partial charge on any atom is -0.355 e. The van der Waals surface area contributed by atoms with Gasteiger partial charge in [-0.3, -0.25) is 9.59 Å². The van der Waals surface area contributed by atoms with Crippen molar-refractivity contribution >= 4 is 17.5 Å². The maximum Gasteiger partial charge on any atom is 0.253 e. The van der Waals surface area contributed by atoms with Crippen LogP contribution in [-0.4, -0.2) is 18.9 Å². The molecule has 3 rings (SSSR count). The van der Waals surface area contributed by atoms with Crippen LogP contribution in [0.1, 0.15) is 28.8 Å². The maximum absolute atomic E-state index is 12.5. The van der Waals surface area contributed by atoms with E-state index in [0.29, 0.717) is 23.1 Å². The van der Waals surface area contributed by atoms with Crippen molar-refractivity contribution in [1.29, 1.82) is 0 Å². The number of allylic oxidation sites excluding steroid dienone is 2. The highest BCUT2D eigenvalue weighted by molar-refractivity contribution is 6.05. The van der Waals surface area contributed by atoms with E-state index in [1.165, 1.54) is 0 Å². The second-order valence-corrected chi connectivity index (χ2v) is 5.95. The summed E-state index contributed by atoms with van der Waals surface area (Å²) in [6.07, 6.45) is 6.40. The molecule has 2 N–H and O–H groups in total. The first-order valence-electron chi connectivity index (χ1n) is 7.41. The lowest BCUT2D eigenvalue weighted by molar-refractivity contribution is -0.120. The van der Waals surface area contributed by atoms with E-state index < -0.39 is 0 Å². The van der Waals surface area contributed by atoms with Gasteiger partial charge in [-0.15, -0.1) is 0 Å². The highest BCUT2D eigenvalue weighted by Gasteiger charge is 2.39. The predicted molar refractivity (Wildman–Crippen MR) is 82.0 cm³/mol. The summed E-state index contributed by atoms with van der Waals surface area (Å²) in [6.45, 7) is 1.88. The molecule has 2 aliphatic carbocycles. The fourth-order valence-corrected chi connectivity index (χ4v) is 3.51. The minimum atomic E-state index is -0.170. The number of hydrogen-bond donors (Lipinski definition) is 2. The molecule has 3 atom stereocenters. The molecule has 1 aromatic rings. The van der Waals surface area contributed by atoms with E-state index in [1.54, 1.807) is 13.1 Å². The Morgan fingerprint density at radius 3 is 2.62 bits per heavy atom. The van der Waals surface area contributed by atoms with Gasteiger partial charge < -0.3 is 10.6 Å². The predicted octanol–water partition coefficient (Wildman–Crippen LogP) is 2.51. The number of carbonyl (C=O) groups is 2. The summed E-state index contributed by atoms with van der Waals surface area (Å²) in [6, 6.07) is 5.52. The summed E-state index contributed by atoms with van der Waals surface area (Å²) in [5.74, 6) is 0.821. The number of hydrogen-bond acceptors (Lipinski definition) is 2. The van der Waals surface area contributed by atoms with E-state index in [1.807, 2.05) is 19.1 Å². The molecule has 1 fully saturated rings. The fourth-order valence-electron chi connectivity index (χ4n) is 3.51. The first-order chi connectivity index (χ1) is 10.1. The Morgan fingerprint density at radius 1 is 1.19 bits per heavy atom. The van der Waals surface area contributed by atoms with Crippen molar-refractivity contribution in [3.63, 3.8) is 0 Å². The molecule has 2 bridgehead atoms. The second-order valence-electron chi connectivity index (χ2n) is 5.95. The standard InChI is InChI=1S/C17H20N2O2/c1-10-4-3-5-14(15(10)17(21)18-2)19-16(20)13-9-11-6-7-12(13)8-11/h3-7,11-13H,8-9H2,1-2H3,(H,18,21)(H,19,20)/t11-,12-,13+/m0/s1. The highest BCUT2D eigenvalue weighted by Crippen LogP contribution is 2.43. The molecule has 2 aliphatic rings. The minimum absolute atomic E-state index is 0.0302. The molecule has 1 aromatic carbocycles. The van der Waals surface area contributed by atoms with Gasteiger partial charge in [0, 0.05) is 13.0 Å². The molecule has 21 heavy (non-hydrogen) atoms. The van der Waals surface area contributed by atoms with E-state index in [-0.39, 0.29) is 17.7 Å². The number of anilines is 1. The average molecular weight is 284 g/mol. The Bertz CT molecular complexity index is 621. The van der Waals surface area contributed by atoms with Gasteiger partial charge in [-0.2, -0.15) is 0 Å². The molecule has 0 heterocycles. The summed E-state index contributed by atoms with van der Waals surface area (Å²) in [5, 5.41) is 5.59. The van der Waals surface area contributed by atoms with Crippen LogP contribution in [0.4, 0.5) is 5.69 Å². The zero-order valence-electron chi connectivity index (χ0n) is 12.3. The SMILES string of the molecule is CNC(=O)c1c(C)cccc1NC(=O)[C@@H]1C[C@H]2C=C[C@H]1C2. The van der Waals surface area contributed by atoms with Crippen molar-refractivity contribution in [3.05, 3.63) is 41.5 Å². The van der Waals surface area contributed by atoms with Crippen LogP contribution in [0, 0.1) is 24.7 Å². The molecule has 4 heteroatoms. The first kappa shape index (κ1) is 13.9. The number of fused-ring (bicyclic) bond motifs is 2. The monoisotopic (exact) mass is 284 g/mol. The molecular formula is C17H20N2O2. The van der Waals surface area contributed by atoms with Gasteiger partial charge in [0.2, 0.25) is 5.91 Å². The zero-order chi connectivity index (χ0) is 15.0. The largest absolute Gasteiger partial charge is 0.355 e. The van der Waals surface area contributed by atoms with Crippen molar-refractivity contribution in [1.82, 2.24) is 5.32 Å². The van der Waals surface area contributed by atoms with Gasteiger partial charge in [0.05, 0.1) is 11.3 Å². The molecule has 0 aliphatic heterocycles. The van der Waals surface area contributed by atoms with E-state index in [0.717, 1.165) is 18.4 Å². The van der Waals surface area contributed by atoms with Crippen molar-refractivity contribution in [2.24, 2.45) is 17.8 Å². The quantitative estimate of drug-likeness (QED) is 0.838. The summed E-state index contributed by atoms with van der Waals surface area (Å²) in [5.41, 5.74) is 2.01. The summed E-state index contributed by atoms with van der Waals surface area (Å²) < 4.78 is 0.